The minimum atomic E-state index is 0.452. The fourth-order valence-corrected chi connectivity index (χ4v) is 1.62. The van der Waals surface area contributed by atoms with Crippen molar-refractivity contribution in [2.75, 3.05) is 11.1 Å². The van der Waals surface area contributed by atoms with Gasteiger partial charge in [0.05, 0.1) is 27.6 Å². The zero-order valence-corrected chi connectivity index (χ0v) is 9.81. The maximum absolute atomic E-state index is 5.90. The van der Waals surface area contributed by atoms with Crippen molar-refractivity contribution in [3.05, 3.63) is 40.1 Å². The van der Waals surface area contributed by atoms with Crippen LogP contribution in [0.3, 0.4) is 0 Å². The maximum Gasteiger partial charge on any atom is 0.0614 e. The number of benzene rings is 1. The van der Waals surface area contributed by atoms with Gasteiger partial charge in [0.1, 0.15) is 0 Å². The second-order valence-corrected chi connectivity index (χ2v) is 4.13. The van der Waals surface area contributed by atoms with E-state index in [1.54, 1.807) is 24.5 Å². The summed E-state index contributed by atoms with van der Waals surface area (Å²) in [6, 6.07) is 3.33. The molecule has 0 saturated heterocycles. The van der Waals surface area contributed by atoms with Gasteiger partial charge in [0.2, 0.25) is 0 Å². The van der Waals surface area contributed by atoms with E-state index >= 15 is 0 Å². The summed E-state index contributed by atoms with van der Waals surface area (Å²) in [5.41, 5.74) is 8.16. The second kappa shape index (κ2) is 4.63. The summed E-state index contributed by atoms with van der Waals surface area (Å²) in [6.45, 7) is 0.624. The first-order valence-corrected chi connectivity index (χ1v) is 5.38. The van der Waals surface area contributed by atoms with Gasteiger partial charge in [0.15, 0.2) is 0 Å². The predicted molar refractivity (Wildman–Crippen MR) is 66.8 cm³/mol. The highest BCUT2D eigenvalue weighted by molar-refractivity contribution is 6.42. The van der Waals surface area contributed by atoms with E-state index in [0.717, 1.165) is 11.3 Å². The van der Waals surface area contributed by atoms with Crippen LogP contribution in [0.2, 0.25) is 10.0 Å². The van der Waals surface area contributed by atoms with E-state index < -0.39 is 0 Å². The lowest BCUT2D eigenvalue weighted by molar-refractivity contribution is 1.09. The van der Waals surface area contributed by atoms with E-state index in [2.05, 4.69) is 15.5 Å². The lowest BCUT2D eigenvalue weighted by Gasteiger charge is -2.09. The third-order valence-electron chi connectivity index (χ3n) is 2.13. The van der Waals surface area contributed by atoms with Crippen molar-refractivity contribution in [3.8, 4) is 0 Å². The monoisotopic (exact) mass is 256 g/mol. The third kappa shape index (κ3) is 2.40. The SMILES string of the molecule is Nc1cc(Cl)c(Cl)cc1NCc1cn[nH]c1. The molecule has 1 heterocycles. The van der Waals surface area contributed by atoms with Crippen molar-refractivity contribution in [2.24, 2.45) is 0 Å². The molecule has 16 heavy (non-hydrogen) atoms. The van der Waals surface area contributed by atoms with Crippen LogP contribution >= 0.6 is 23.2 Å². The Balaban J connectivity index is 2.12. The van der Waals surface area contributed by atoms with Crippen molar-refractivity contribution in [1.82, 2.24) is 10.2 Å². The molecule has 1 aromatic heterocycles. The number of H-pyrrole nitrogens is 1. The minimum absolute atomic E-state index is 0.452. The number of nitrogens with zero attached hydrogens (tertiary/aromatic N) is 1. The van der Waals surface area contributed by atoms with Crippen LogP contribution in [0.4, 0.5) is 11.4 Å². The van der Waals surface area contributed by atoms with Crippen LogP contribution in [-0.2, 0) is 6.54 Å². The number of aromatic amines is 1. The molecule has 0 radical (unpaired) electrons. The number of nitrogen functional groups attached to an aromatic ring is 1. The number of nitrogens with one attached hydrogen (secondary N) is 2. The van der Waals surface area contributed by atoms with Gasteiger partial charge in [0.25, 0.3) is 0 Å². The summed E-state index contributed by atoms with van der Waals surface area (Å²) in [7, 11) is 0. The molecule has 0 fully saturated rings. The zero-order chi connectivity index (χ0) is 11.5. The molecule has 2 rings (SSSR count). The number of halogens is 2. The number of hydrogen-bond acceptors (Lipinski definition) is 3. The Morgan fingerprint density at radius 3 is 2.75 bits per heavy atom. The van der Waals surface area contributed by atoms with Gasteiger partial charge in [0, 0.05) is 18.3 Å². The molecule has 84 valence electrons. The van der Waals surface area contributed by atoms with Crippen molar-refractivity contribution in [3.63, 3.8) is 0 Å². The molecule has 0 unspecified atom stereocenters. The molecular weight excluding hydrogens is 247 g/mol. The van der Waals surface area contributed by atoms with Gasteiger partial charge in [-0.2, -0.15) is 5.10 Å². The van der Waals surface area contributed by atoms with Gasteiger partial charge in [-0.3, -0.25) is 5.10 Å². The molecular formula is C10H10Cl2N4. The van der Waals surface area contributed by atoms with Crippen LogP contribution in [-0.4, -0.2) is 10.2 Å². The standard InChI is InChI=1S/C10H10Cl2N4/c11-7-1-9(13)10(2-8(7)12)14-3-6-4-15-16-5-6/h1-2,4-5,14H,3,13H2,(H,15,16). The Labute approximate surface area is 103 Å². The molecule has 0 bridgehead atoms. The first-order valence-electron chi connectivity index (χ1n) is 4.63. The number of hydrogen-bond donors (Lipinski definition) is 3. The molecule has 0 aliphatic rings. The average molecular weight is 257 g/mol. The number of rotatable bonds is 3. The Hall–Kier alpha value is -1.39. The molecule has 2 aromatic rings. The van der Waals surface area contributed by atoms with Crippen LogP contribution in [0.15, 0.2) is 24.5 Å². The van der Waals surface area contributed by atoms with E-state index in [-0.39, 0.29) is 0 Å². The summed E-state index contributed by atoms with van der Waals surface area (Å²) >= 11 is 11.7. The molecule has 4 N–H and O–H groups in total. The van der Waals surface area contributed by atoms with E-state index in [1.165, 1.54) is 0 Å². The first-order chi connectivity index (χ1) is 7.66. The van der Waals surface area contributed by atoms with Crippen molar-refractivity contribution < 1.29 is 0 Å². The fourth-order valence-electron chi connectivity index (χ4n) is 1.29. The van der Waals surface area contributed by atoms with E-state index in [4.69, 9.17) is 28.9 Å². The fraction of sp³-hybridized carbons (Fsp3) is 0.100. The van der Waals surface area contributed by atoms with Crippen LogP contribution in [0.1, 0.15) is 5.56 Å². The van der Waals surface area contributed by atoms with Crippen LogP contribution < -0.4 is 11.1 Å². The lowest BCUT2D eigenvalue weighted by Crippen LogP contribution is -2.01. The quantitative estimate of drug-likeness (QED) is 0.740. The molecule has 4 nitrogen and oxygen atoms in total. The van der Waals surface area contributed by atoms with Gasteiger partial charge >= 0.3 is 0 Å². The van der Waals surface area contributed by atoms with E-state index in [1.807, 2.05) is 0 Å². The summed E-state index contributed by atoms with van der Waals surface area (Å²) in [5.74, 6) is 0. The smallest absolute Gasteiger partial charge is 0.0614 e. The molecule has 6 heteroatoms. The number of aromatic nitrogens is 2. The normalized spacial score (nSPS) is 10.4. The average Bonchev–Trinajstić information content (AvgIpc) is 2.74. The third-order valence-corrected chi connectivity index (χ3v) is 2.85. The molecule has 0 spiro atoms. The first kappa shape index (κ1) is 11.1. The molecule has 0 aliphatic carbocycles. The second-order valence-electron chi connectivity index (χ2n) is 3.31. The summed E-state index contributed by atoms with van der Waals surface area (Å²) in [5, 5.41) is 10.7. The predicted octanol–water partition coefficient (Wildman–Crippen LogP) is 2.91. The minimum Gasteiger partial charge on any atom is -0.397 e. The Bertz CT molecular complexity index is 482. The Kier molecular flexibility index (Phi) is 3.22. The van der Waals surface area contributed by atoms with Crippen molar-refractivity contribution in [1.29, 1.82) is 0 Å². The number of anilines is 2. The summed E-state index contributed by atoms with van der Waals surface area (Å²) in [6.07, 6.45) is 3.54. The molecule has 1 aromatic carbocycles. The highest BCUT2D eigenvalue weighted by atomic mass is 35.5. The van der Waals surface area contributed by atoms with Crippen LogP contribution in [0.25, 0.3) is 0 Å². The summed E-state index contributed by atoms with van der Waals surface area (Å²) in [4.78, 5) is 0. The van der Waals surface area contributed by atoms with Crippen molar-refractivity contribution in [2.45, 2.75) is 6.54 Å². The maximum atomic E-state index is 5.90. The lowest BCUT2D eigenvalue weighted by atomic mass is 10.2. The van der Waals surface area contributed by atoms with Crippen LogP contribution in [0.5, 0.6) is 0 Å². The van der Waals surface area contributed by atoms with Crippen LogP contribution in [0, 0.1) is 0 Å². The van der Waals surface area contributed by atoms with Gasteiger partial charge in [-0.25, -0.2) is 0 Å². The largest absolute Gasteiger partial charge is 0.397 e. The van der Waals surface area contributed by atoms with Gasteiger partial charge in [-0.05, 0) is 12.1 Å². The topological polar surface area (TPSA) is 66.7 Å². The van der Waals surface area contributed by atoms with Gasteiger partial charge in [-0.15, -0.1) is 0 Å². The molecule has 0 saturated carbocycles. The Morgan fingerprint density at radius 2 is 2.06 bits per heavy atom. The van der Waals surface area contributed by atoms with E-state index in [9.17, 15) is 0 Å². The van der Waals surface area contributed by atoms with Gasteiger partial charge in [-0.1, -0.05) is 23.2 Å². The zero-order valence-electron chi connectivity index (χ0n) is 8.30. The Morgan fingerprint density at radius 1 is 1.31 bits per heavy atom. The number of nitrogens with two attached hydrogens (primary N) is 1. The highest BCUT2D eigenvalue weighted by Gasteiger charge is 2.04. The molecule has 0 amide bonds. The van der Waals surface area contributed by atoms with E-state index in [0.29, 0.717) is 22.3 Å². The summed E-state index contributed by atoms with van der Waals surface area (Å²) < 4.78 is 0. The van der Waals surface area contributed by atoms with Gasteiger partial charge < -0.3 is 11.1 Å². The molecule has 0 atom stereocenters. The van der Waals surface area contributed by atoms with Crippen molar-refractivity contribution >= 4 is 34.6 Å². The highest BCUT2D eigenvalue weighted by Crippen LogP contribution is 2.30. The molecule has 0 aliphatic heterocycles.